The maximum Gasteiger partial charge on any atom is 0.347 e. The van der Waals surface area contributed by atoms with Crippen LogP contribution in [0.5, 0.6) is 0 Å². The van der Waals surface area contributed by atoms with Gasteiger partial charge in [0.1, 0.15) is 4.88 Å². The van der Waals surface area contributed by atoms with Crippen molar-refractivity contribution in [1.82, 2.24) is 4.98 Å². The van der Waals surface area contributed by atoms with E-state index < -0.39 is 5.97 Å². The van der Waals surface area contributed by atoms with Crippen LogP contribution in [0.3, 0.4) is 0 Å². The van der Waals surface area contributed by atoms with Gasteiger partial charge < -0.3 is 10.0 Å². The van der Waals surface area contributed by atoms with Crippen molar-refractivity contribution in [2.75, 3.05) is 4.90 Å². The second-order valence-electron chi connectivity index (χ2n) is 5.69. The number of carboxylic acids is 1. The summed E-state index contributed by atoms with van der Waals surface area (Å²) in [5.74, 6) is -0.417. The molecule has 1 saturated heterocycles. The number of aromatic nitrogens is 1. The lowest BCUT2D eigenvalue weighted by Crippen LogP contribution is -2.33. The summed E-state index contributed by atoms with van der Waals surface area (Å²) in [6.45, 7) is 4.41. The van der Waals surface area contributed by atoms with Crippen LogP contribution in [0.4, 0.5) is 5.13 Å². The van der Waals surface area contributed by atoms with Gasteiger partial charge in [-0.3, -0.25) is 0 Å². The molecule has 0 radical (unpaired) electrons. The monoisotopic (exact) mass is 280 g/mol. The van der Waals surface area contributed by atoms with E-state index >= 15 is 0 Å². The molecule has 1 aliphatic heterocycles. The van der Waals surface area contributed by atoms with E-state index in [0.717, 1.165) is 30.1 Å². The van der Waals surface area contributed by atoms with Gasteiger partial charge in [0, 0.05) is 18.0 Å². The van der Waals surface area contributed by atoms with Crippen LogP contribution in [0.1, 0.15) is 67.2 Å². The number of anilines is 1. The van der Waals surface area contributed by atoms with Gasteiger partial charge in [-0.2, -0.15) is 0 Å². The fourth-order valence-corrected chi connectivity index (χ4v) is 4.20. The van der Waals surface area contributed by atoms with Gasteiger partial charge in [0.15, 0.2) is 5.13 Å². The van der Waals surface area contributed by atoms with E-state index in [1.807, 2.05) is 0 Å². The topological polar surface area (TPSA) is 53.4 Å². The Hall–Kier alpha value is -1.10. The van der Waals surface area contributed by atoms with Crippen molar-refractivity contribution in [2.24, 2.45) is 0 Å². The largest absolute Gasteiger partial charge is 0.477 e. The molecule has 1 N–H and O–H groups in total. The SMILES string of the molecule is CCC1CCC(C)N1c1nc(C2CC2)c(C(=O)O)s1. The van der Waals surface area contributed by atoms with Crippen LogP contribution < -0.4 is 4.90 Å². The summed E-state index contributed by atoms with van der Waals surface area (Å²) in [5.41, 5.74) is 0.835. The van der Waals surface area contributed by atoms with E-state index in [4.69, 9.17) is 0 Å². The van der Waals surface area contributed by atoms with E-state index in [0.29, 0.717) is 22.9 Å². The highest BCUT2D eigenvalue weighted by molar-refractivity contribution is 7.17. The number of carbonyl (C=O) groups is 1. The first-order chi connectivity index (χ1) is 9.11. The van der Waals surface area contributed by atoms with Gasteiger partial charge >= 0.3 is 5.97 Å². The quantitative estimate of drug-likeness (QED) is 0.917. The van der Waals surface area contributed by atoms with E-state index in [2.05, 4.69) is 23.7 Å². The van der Waals surface area contributed by atoms with Crippen molar-refractivity contribution < 1.29 is 9.90 Å². The number of carboxylic acid groups (broad SMARTS) is 1. The zero-order chi connectivity index (χ0) is 13.6. The summed E-state index contributed by atoms with van der Waals surface area (Å²) in [6.07, 6.45) is 5.66. The normalized spacial score (nSPS) is 26.9. The average molecular weight is 280 g/mol. The van der Waals surface area contributed by atoms with Crippen molar-refractivity contribution in [1.29, 1.82) is 0 Å². The lowest BCUT2D eigenvalue weighted by molar-refractivity contribution is 0.0700. The molecule has 1 aromatic heterocycles. The van der Waals surface area contributed by atoms with Crippen molar-refractivity contribution >= 4 is 22.4 Å². The molecule has 2 atom stereocenters. The number of thiazole rings is 1. The fraction of sp³-hybridized carbons (Fsp3) is 0.714. The molecule has 0 amide bonds. The van der Waals surface area contributed by atoms with Crippen LogP contribution in [0.15, 0.2) is 0 Å². The summed E-state index contributed by atoms with van der Waals surface area (Å²) in [7, 11) is 0. The second kappa shape index (κ2) is 4.78. The molecule has 0 aromatic carbocycles. The molecule has 3 rings (SSSR count). The van der Waals surface area contributed by atoms with Gasteiger partial charge in [-0.25, -0.2) is 9.78 Å². The summed E-state index contributed by atoms with van der Waals surface area (Å²) >= 11 is 1.37. The van der Waals surface area contributed by atoms with Crippen LogP contribution in [0.25, 0.3) is 0 Å². The lowest BCUT2D eigenvalue weighted by Gasteiger charge is -2.27. The first-order valence-corrected chi connectivity index (χ1v) is 7.95. The van der Waals surface area contributed by atoms with Crippen molar-refractivity contribution in [3.8, 4) is 0 Å². The van der Waals surface area contributed by atoms with E-state index in [9.17, 15) is 9.90 Å². The Morgan fingerprint density at radius 1 is 1.42 bits per heavy atom. The third-order valence-electron chi connectivity index (χ3n) is 4.28. The number of hydrogen-bond donors (Lipinski definition) is 1. The molecule has 2 unspecified atom stereocenters. The Kier molecular flexibility index (Phi) is 3.25. The predicted octanol–water partition coefficient (Wildman–Crippen LogP) is 3.49. The first kappa shape index (κ1) is 12.9. The van der Waals surface area contributed by atoms with Crippen molar-refractivity contribution in [3.05, 3.63) is 10.6 Å². The Bertz CT molecular complexity index is 496. The van der Waals surface area contributed by atoms with Gasteiger partial charge in [-0.1, -0.05) is 18.3 Å². The Balaban J connectivity index is 1.96. The first-order valence-electron chi connectivity index (χ1n) is 7.14. The maximum atomic E-state index is 11.4. The second-order valence-corrected chi connectivity index (χ2v) is 6.66. The minimum Gasteiger partial charge on any atom is -0.477 e. The highest BCUT2D eigenvalue weighted by Gasteiger charge is 2.36. The highest BCUT2D eigenvalue weighted by Crippen LogP contribution is 2.45. The molecule has 2 aliphatic rings. The molecule has 0 spiro atoms. The summed E-state index contributed by atoms with van der Waals surface area (Å²) in [4.78, 5) is 18.9. The number of nitrogens with zero attached hydrogens (tertiary/aromatic N) is 2. The smallest absolute Gasteiger partial charge is 0.347 e. The van der Waals surface area contributed by atoms with Crippen molar-refractivity contribution in [3.63, 3.8) is 0 Å². The van der Waals surface area contributed by atoms with Crippen LogP contribution >= 0.6 is 11.3 Å². The third kappa shape index (κ3) is 2.24. The molecule has 1 aliphatic carbocycles. The molecule has 2 heterocycles. The highest BCUT2D eigenvalue weighted by atomic mass is 32.1. The standard InChI is InChI=1S/C14H20N2O2S/c1-3-10-7-4-8(2)16(10)14-15-11(9-5-6-9)12(19-14)13(17)18/h8-10H,3-7H2,1-2H3,(H,17,18). The van der Waals surface area contributed by atoms with E-state index in [1.54, 1.807) is 0 Å². The summed E-state index contributed by atoms with van der Waals surface area (Å²) < 4.78 is 0. The van der Waals surface area contributed by atoms with Gasteiger partial charge in [-0.15, -0.1) is 0 Å². The molecule has 1 aromatic rings. The summed E-state index contributed by atoms with van der Waals surface area (Å²) in [6, 6.07) is 1.000. The number of hydrogen-bond acceptors (Lipinski definition) is 4. The molecule has 1 saturated carbocycles. The van der Waals surface area contributed by atoms with Gasteiger partial charge in [0.25, 0.3) is 0 Å². The minimum atomic E-state index is -0.814. The van der Waals surface area contributed by atoms with E-state index in [-0.39, 0.29) is 0 Å². The number of rotatable bonds is 4. The molecule has 0 bridgehead atoms. The Morgan fingerprint density at radius 2 is 2.16 bits per heavy atom. The zero-order valence-corrected chi connectivity index (χ0v) is 12.2. The minimum absolute atomic E-state index is 0.397. The van der Waals surface area contributed by atoms with Crippen LogP contribution in [-0.4, -0.2) is 28.1 Å². The van der Waals surface area contributed by atoms with Crippen LogP contribution in [-0.2, 0) is 0 Å². The lowest BCUT2D eigenvalue weighted by atomic mass is 10.2. The Morgan fingerprint density at radius 3 is 2.74 bits per heavy atom. The fourth-order valence-electron chi connectivity index (χ4n) is 3.03. The molecule has 104 valence electrons. The average Bonchev–Trinajstić information content (AvgIpc) is 3.02. The molecule has 4 nitrogen and oxygen atoms in total. The van der Waals surface area contributed by atoms with Gasteiger partial charge in [0.05, 0.1) is 5.69 Å². The van der Waals surface area contributed by atoms with Crippen LogP contribution in [0.2, 0.25) is 0 Å². The third-order valence-corrected chi connectivity index (χ3v) is 5.35. The maximum absolute atomic E-state index is 11.4. The van der Waals surface area contributed by atoms with Crippen molar-refractivity contribution in [2.45, 2.75) is 64.0 Å². The van der Waals surface area contributed by atoms with E-state index in [1.165, 1.54) is 24.2 Å². The molecule has 5 heteroatoms. The zero-order valence-electron chi connectivity index (χ0n) is 11.4. The predicted molar refractivity (Wildman–Crippen MR) is 76.3 cm³/mol. The molecule has 2 fully saturated rings. The molecular weight excluding hydrogens is 260 g/mol. The van der Waals surface area contributed by atoms with Crippen LogP contribution in [0, 0.1) is 0 Å². The molecular formula is C14H20N2O2S. The Labute approximate surface area is 117 Å². The molecule has 19 heavy (non-hydrogen) atoms. The van der Waals surface area contributed by atoms with Gasteiger partial charge in [0.2, 0.25) is 0 Å². The summed E-state index contributed by atoms with van der Waals surface area (Å²) in [5, 5.41) is 10.3. The van der Waals surface area contributed by atoms with Gasteiger partial charge in [-0.05, 0) is 39.0 Å². The number of aromatic carboxylic acids is 1.